The second-order valence-electron chi connectivity index (χ2n) is 7.47. The first kappa shape index (κ1) is 23.6. The summed E-state index contributed by atoms with van der Waals surface area (Å²) in [6.45, 7) is 4.94. The van der Waals surface area contributed by atoms with Gasteiger partial charge in [-0.3, -0.25) is 4.79 Å². The molecule has 0 saturated carbocycles. The van der Waals surface area contributed by atoms with E-state index in [-0.39, 0.29) is 35.7 Å². The first-order valence-corrected chi connectivity index (χ1v) is 11.6. The molecule has 0 atom stereocenters. The number of H-pyrrole nitrogens is 1. The van der Waals surface area contributed by atoms with E-state index < -0.39 is 28.2 Å². The van der Waals surface area contributed by atoms with Crippen molar-refractivity contribution in [3.05, 3.63) is 75.1 Å². The zero-order valence-electron chi connectivity index (χ0n) is 18.2. The van der Waals surface area contributed by atoms with Crippen LogP contribution < -0.4 is 5.56 Å². The van der Waals surface area contributed by atoms with E-state index in [9.17, 15) is 23.1 Å². The number of carbonyl (C=O) groups excluding carboxylic acids is 1. The number of pyridine rings is 1. The molecule has 0 amide bonds. The fraction of sp³-hybridized carbons (Fsp3) is 0.304. The minimum absolute atomic E-state index is 0.0528. The number of nitrogens with one attached hydrogen (secondary N) is 1. The molecule has 2 N–H and O–H groups in total. The van der Waals surface area contributed by atoms with Crippen LogP contribution in [-0.2, 0) is 21.3 Å². The second-order valence-corrected chi connectivity index (χ2v) is 9.41. The van der Waals surface area contributed by atoms with E-state index in [1.165, 1.54) is 24.3 Å². The highest BCUT2D eigenvalue weighted by Gasteiger charge is 2.26. The number of esters is 1. The molecule has 1 heterocycles. The number of benzene rings is 2. The van der Waals surface area contributed by atoms with E-state index in [4.69, 9.17) is 4.74 Å². The lowest BCUT2D eigenvalue weighted by Crippen LogP contribution is -2.35. The van der Waals surface area contributed by atoms with Gasteiger partial charge in [0.05, 0.1) is 23.7 Å². The zero-order chi connectivity index (χ0) is 23.5. The summed E-state index contributed by atoms with van der Waals surface area (Å²) in [5.41, 5.74) is 2.76. The number of aryl methyl sites for hydroxylation is 2. The average molecular weight is 459 g/mol. The van der Waals surface area contributed by atoms with Crippen molar-refractivity contribution in [3.8, 4) is 0 Å². The Labute approximate surface area is 186 Å². The molecule has 8 nitrogen and oxygen atoms in total. The number of hydrogen-bond donors (Lipinski definition) is 2. The number of hydrogen-bond acceptors (Lipinski definition) is 6. The lowest BCUT2D eigenvalue weighted by Gasteiger charge is -2.21. The van der Waals surface area contributed by atoms with E-state index in [2.05, 4.69) is 4.98 Å². The molecule has 0 bridgehead atoms. The van der Waals surface area contributed by atoms with Crippen molar-refractivity contribution in [1.82, 2.24) is 9.29 Å². The summed E-state index contributed by atoms with van der Waals surface area (Å²) < 4.78 is 32.4. The van der Waals surface area contributed by atoms with Crippen molar-refractivity contribution in [2.24, 2.45) is 0 Å². The van der Waals surface area contributed by atoms with Crippen molar-refractivity contribution in [2.45, 2.75) is 32.2 Å². The Morgan fingerprint density at radius 1 is 1.12 bits per heavy atom. The Morgan fingerprint density at radius 3 is 2.44 bits per heavy atom. The molecule has 0 fully saturated rings. The number of sulfonamides is 1. The second kappa shape index (κ2) is 9.64. The van der Waals surface area contributed by atoms with Crippen molar-refractivity contribution >= 4 is 26.9 Å². The lowest BCUT2D eigenvalue weighted by atomic mass is 10.0. The van der Waals surface area contributed by atoms with Gasteiger partial charge in [-0.1, -0.05) is 6.07 Å². The summed E-state index contributed by atoms with van der Waals surface area (Å²) in [5, 5.41) is 10.3. The molecule has 0 aliphatic carbocycles. The van der Waals surface area contributed by atoms with E-state index in [0.717, 1.165) is 20.8 Å². The van der Waals surface area contributed by atoms with Gasteiger partial charge < -0.3 is 14.8 Å². The Hall–Kier alpha value is -3.01. The number of aromatic nitrogens is 1. The van der Waals surface area contributed by atoms with E-state index in [0.29, 0.717) is 5.52 Å². The van der Waals surface area contributed by atoms with Gasteiger partial charge in [0.2, 0.25) is 10.0 Å². The molecule has 0 saturated heterocycles. The molecule has 9 heteroatoms. The van der Waals surface area contributed by atoms with Crippen LogP contribution in [0.5, 0.6) is 0 Å². The van der Waals surface area contributed by atoms with E-state index >= 15 is 0 Å². The predicted octanol–water partition coefficient (Wildman–Crippen LogP) is 2.50. The van der Waals surface area contributed by atoms with Crippen LogP contribution in [0, 0.1) is 13.8 Å². The highest BCUT2D eigenvalue weighted by molar-refractivity contribution is 7.89. The molecule has 0 radical (unpaired) electrons. The van der Waals surface area contributed by atoms with Gasteiger partial charge in [-0.2, -0.15) is 4.31 Å². The Balaban J connectivity index is 1.96. The topological polar surface area (TPSA) is 117 Å². The summed E-state index contributed by atoms with van der Waals surface area (Å²) in [6.07, 6.45) is 0. The third kappa shape index (κ3) is 4.90. The molecule has 0 unspecified atom stereocenters. The highest BCUT2D eigenvalue weighted by Crippen LogP contribution is 2.22. The number of ether oxygens (including phenoxy) is 1. The maximum atomic E-state index is 13.2. The fourth-order valence-corrected chi connectivity index (χ4v) is 4.96. The number of aliphatic hydroxyl groups excluding tert-OH is 1. The molecule has 0 spiro atoms. The van der Waals surface area contributed by atoms with Crippen LogP contribution in [0.3, 0.4) is 0 Å². The predicted molar refractivity (Wildman–Crippen MR) is 121 cm³/mol. The normalized spacial score (nSPS) is 11.8. The summed E-state index contributed by atoms with van der Waals surface area (Å²) in [7, 11) is -4.03. The molecule has 2 aromatic carbocycles. The number of aliphatic hydroxyl groups is 1. The van der Waals surface area contributed by atoms with Gasteiger partial charge in [0.25, 0.3) is 5.56 Å². The average Bonchev–Trinajstić information content (AvgIpc) is 2.74. The van der Waals surface area contributed by atoms with E-state index in [1.54, 1.807) is 13.0 Å². The van der Waals surface area contributed by atoms with Gasteiger partial charge in [-0.05, 0) is 68.3 Å². The van der Waals surface area contributed by atoms with Crippen LogP contribution in [0.1, 0.15) is 34.0 Å². The Morgan fingerprint density at radius 2 is 1.81 bits per heavy atom. The maximum absolute atomic E-state index is 13.2. The third-order valence-electron chi connectivity index (χ3n) is 5.09. The lowest BCUT2D eigenvalue weighted by molar-refractivity contribution is 0.0526. The van der Waals surface area contributed by atoms with Gasteiger partial charge in [0.1, 0.15) is 0 Å². The first-order chi connectivity index (χ1) is 15.2. The number of aromatic amines is 1. The summed E-state index contributed by atoms with van der Waals surface area (Å²) in [5.74, 6) is -0.544. The van der Waals surface area contributed by atoms with Crippen LogP contribution in [0.4, 0.5) is 0 Å². The summed E-state index contributed by atoms with van der Waals surface area (Å²) in [4.78, 5) is 27.2. The molecule has 0 aliphatic rings. The van der Waals surface area contributed by atoms with Crippen molar-refractivity contribution in [3.63, 3.8) is 0 Å². The molecule has 32 heavy (non-hydrogen) atoms. The van der Waals surface area contributed by atoms with Gasteiger partial charge in [-0.25, -0.2) is 13.2 Å². The molecule has 170 valence electrons. The molecular formula is C23H26N2O6S. The molecule has 0 aliphatic heterocycles. The molecule has 3 rings (SSSR count). The summed E-state index contributed by atoms with van der Waals surface area (Å²) in [6, 6.07) is 10.9. The standard InChI is InChI=1S/C23H26N2O6S/c1-4-31-23(28)17-5-7-19(8-6-17)32(29,30)25(9-10-26)14-18-13-20-16(3)11-15(2)12-21(20)24-22(18)27/h5-8,11-13,26H,4,9-10,14H2,1-3H3,(H,24,27). The smallest absolute Gasteiger partial charge is 0.338 e. The van der Waals surface area contributed by atoms with Gasteiger partial charge >= 0.3 is 5.97 Å². The Kier molecular flexibility index (Phi) is 7.12. The minimum Gasteiger partial charge on any atom is -0.462 e. The fourth-order valence-electron chi connectivity index (χ4n) is 3.55. The van der Waals surface area contributed by atoms with Gasteiger partial charge in [0.15, 0.2) is 0 Å². The van der Waals surface area contributed by atoms with Crippen LogP contribution in [-0.4, -0.2) is 48.5 Å². The van der Waals surface area contributed by atoms with Crippen LogP contribution in [0.15, 0.2) is 52.2 Å². The highest BCUT2D eigenvalue weighted by atomic mass is 32.2. The van der Waals surface area contributed by atoms with Gasteiger partial charge in [0, 0.05) is 29.6 Å². The molecular weight excluding hydrogens is 432 g/mol. The van der Waals surface area contributed by atoms with Crippen LogP contribution in [0.25, 0.3) is 10.9 Å². The minimum atomic E-state index is -4.03. The molecule has 1 aromatic heterocycles. The largest absolute Gasteiger partial charge is 0.462 e. The number of rotatable bonds is 8. The van der Waals surface area contributed by atoms with Gasteiger partial charge in [-0.15, -0.1) is 0 Å². The SMILES string of the molecule is CCOC(=O)c1ccc(S(=O)(=O)N(CCO)Cc2cc3c(C)cc(C)cc3[nH]c2=O)cc1. The quantitative estimate of drug-likeness (QED) is 0.501. The molecule has 3 aromatic rings. The number of fused-ring (bicyclic) bond motifs is 1. The summed E-state index contributed by atoms with van der Waals surface area (Å²) >= 11 is 0. The third-order valence-corrected chi connectivity index (χ3v) is 6.95. The first-order valence-electron chi connectivity index (χ1n) is 10.2. The number of nitrogens with zero attached hydrogens (tertiary/aromatic N) is 1. The van der Waals surface area contributed by atoms with Crippen molar-refractivity contribution in [1.29, 1.82) is 0 Å². The Bertz CT molecular complexity index is 1300. The van der Waals surface area contributed by atoms with Crippen LogP contribution >= 0.6 is 0 Å². The van der Waals surface area contributed by atoms with Crippen molar-refractivity contribution < 1.29 is 23.1 Å². The zero-order valence-corrected chi connectivity index (χ0v) is 19.0. The monoisotopic (exact) mass is 458 g/mol. The van der Waals surface area contributed by atoms with Crippen molar-refractivity contribution in [2.75, 3.05) is 19.8 Å². The van der Waals surface area contributed by atoms with E-state index in [1.807, 2.05) is 26.0 Å². The maximum Gasteiger partial charge on any atom is 0.338 e. The number of carbonyl (C=O) groups is 1. The van der Waals surface area contributed by atoms with Crippen LogP contribution in [0.2, 0.25) is 0 Å².